The van der Waals surface area contributed by atoms with E-state index in [1.54, 1.807) is 0 Å². The summed E-state index contributed by atoms with van der Waals surface area (Å²) in [6, 6.07) is 5.14. The summed E-state index contributed by atoms with van der Waals surface area (Å²) in [6.07, 6.45) is -5.33. The van der Waals surface area contributed by atoms with Crippen LogP contribution in [0.15, 0.2) is 24.3 Å². The largest absolute Gasteiger partial charge is 0.389 e. The van der Waals surface area contributed by atoms with Gasteiger partial charge in [0.25, 0.3) is 0 Å². The van der Waals surface area contributed by atoms with Gasteiger partial charge in [-0.05, 0) is 24.1 Å². The van der Waals surface area contributed by atoms with Crippen LogP contribution < -0.4 is 0 Å². The maximum Gasteiger partial charge on any atom is 0.389 e. The summed E-state index contributed by atoms with van der Waals surface area (Å²) in [7, 11) is 0. The predicted molar refractivity (Wildman–Crippen MR) is 50.3 cm³/mol. The molecule has 0 saturated heterocycles. The van der Waals surface area contributed by atoms with Crippen molar-refractivity contribution in [2.75, 3.05) is 0 Å². The second kappa shape index (κ2) is 4.84. The Hall–Kier alpha value is -0.770. The highest BCUT2D eigenvalue weighted by atomic mass is 35.5. The van der Waals surface area contributed by atoms with E-state index in [0.717, 1.165) is 0 Å². The lowest BCUT2D eigenvalue weighted by Gasteiger charge is -2.11. The molecule has 0 aromatic heterocycles. The lowest BCUT2D eigenvalue weighted by Crippen LogP contribution is -2.08. The molecule has 0 spiro atoms. The Kier molecular flexibility index (Phi) is 3.97. The summed E-state index contributed by atoms with van der Waals surface area (Å²) in [5.74, 6) is -0.432. The molecule has 15 heavy (non-hydrogen) atoms. The third kappa shape index (κ3) is 4.51. The van der Waals surface area contributed by atoms with E-state index in [4.69, 9.17) is 11.6 Å². The van der Waals surface area contributed by atoms with E-state index >= 15 is 0 Å². The van der Waals surface area contributed by atoms with Crippen LogP contribution in [0.2, 0.25) is 0 Å². The molecule has 0 aliphatic rings. The van der Waals surface area contributed by atoms with Crippen molar-refractivity contribution in [3.05, 3.63) is 35.6 Å². The van der Waals surface area contributed by atoms with Crippen molar-refractivity contribution in [1.82, 2.24) is 0 Å². The smallest absolute Gasteiger partial charge is 0.207 e. The van der Waals surface area contributed by atoms with E-state index in [-0.39, 0.29) is 6.42 Å². The zero-order valence-electron chi connectivity index (χ0n) is 7.69. The number of halogens is 5. The number of hydrogen-bond acceptors (Lipinski definition) is 0. The van der Waals surface area contributed by atoms with Gasteiger partial charge in [0.2, 0.25) is 0 Å². The van der Waals surface area contributed by atoms with Crippen LogP contribution in [-0.2, 0) is 0 Å². The molecular weight excluding hydrogens is 232 g/mol. The zero-order valence-corrected chi connectivity index (χ0v) is 8.45. The second-order valence-electron chi connectivity index (χ2n) is 3.17. The maximum atomic E-state index is 12.5. The third-order valence-corrected chi connectivity index (χ3v) is 2.38. The average molecular weight is 241 g/mol. The predicted octanol–water partition coefficient (Wildman–Crippen LogP) is 4.45. The van der Waals surface area contributed by atoms with Crippen LogP contribution in [0.5, 0.6) is 0 Å². The molecule has 0 aliphatic carbocycles. The molecule has 0 aliphatic heterocycles. The van der Waals surface area contributed by atoms with Gasteiger partial charge in [0, 0.05) is 6.42 Å². The quantitative estimate of drug-likeness (QED) is 0.541. The number of rotatable bonds is 3. The van der Waals surface area contributed by atoms with Crippen LogP contribution in [0.25, 0.3) is 0 Å². The summed E-state index contributed by atoms with van der Waals surface area (Å²) in [5.41, 5.74) is 0.502. The van der Waals surface area contributed by atoms with Gasteiger partial charge in [0.1, 0.15) is 5.82 Å². The molecule has 0 saturated carbocycles. The zero-order chi connectivity index (χ0) is 11.5. The Bertz CT molecular complexity index is 304. The van der Waals surface area contributed by atoms with Gasteiger partial charge >= 0.3 is 6.18 Å². The minimum absolute atomic E-state index is 0.198. The number of alkyl halides is 4. The third-order valence-electron chi connectivity index (χ3n) is 1.91. The summed E-state index contributed by atoms with van der Waals surface area (Å²) in [4.78, 5) is 0. The van der Waals surface area contributed by atoms with Gasteiger partial charge in [-0.3, -0.25) is 0 Å². The molecule has 1 unspecified atom stereocenters. The van der Waals surface area contributed by atoms with Crippen LogP contribution in [0.1, 0.15) is 23.8 Å². The maximum absolute atomic E-state index is 12.5. The van der Waals surface area contributed by atoms with E-state index in [2.05, 4.69) is 0 Å². The van der Waals surface area contributed by atoms with Gasteiger partial charge in [0.15, 0.2) is 0 Å². The molecule has 1 aromatic rings. The second-order valence-corrected chi connectivity index (χ2v) is 3.70. The Balaban J connectivity index is 2.54. The SMILES string of the molecule is Fc1ccc(C(Cl)CCC(F)(F)F)cc1. The first-order valence-corrected chi connectivity index (χ1v) is 4.78. The highest BCUT2D eigenvalue weighted by Crippen LogP contribution is 2.31. The first-order chi connectivity index (χ1) is 6.88. The topological polar surface area (TPSA) is 0 Å². The molecule has 0 N–H and O–H groups in total. The summed E-state index contributed by atoms with van der Waals surface area (Å²) < 4.78 is 48.1. The monoisotopic (exact) mass is 240 g/mol. The van der Waals surface area contributed by atoms with Crippen LogP contribution in [0, 0.1) is 5.82 Å². The van der Waals surface area contributed by atoms with E-state index in [0.29, 0.717) is 5.56 Å². The van der Waals surface area contributed by atoms with Crippen molar-refractivity contribution in [3.63, 3.8) is 0 Å². The van der Waals surface area contributed by atoms with E-state index in [1.165, 1.54) is 24.3 Å². The fourth-order valence-electron chi connectivity index (χ4n) is 1.13. The molecule has 0 heterocycles. The Morgan fingerprint density at radius 3 is 2.13 bits per heavy atom. The molecule has 0 fully saturated rings. The van der Waals surface area contributed by atoms with Crippen LogP contribution in [-0.4, -0.2) is 6.18 Å². The van der Waals surface area contributed by atoms with Gasteiger partial charge in [-0.25, -0.2) is 4.39 Å². The Labute approximate surface area is 89.9 Å². The minimum atomic E-state index is -4.20. The van der Waals surface area contributed by atoms with Gasteiger partial charge in [-0.2, -0.15) is 13.2 Å². The Morgan fingerprint density at radius 1 is 1.13 bits per heavy atom. The molecule has 0 amide bonds. The standard InChI is InChI=1S/C10H9ClF4/c11-9(5-6-10(13,14)15)7-1-3-8(12)4-2-7/h1-4,9H,5-6H2. The van der Waals surface area contributed by atoms with Crippen molar-refractivity contribution >= 4 is 11.6 Å². The summed E-state index contributed by atoms with van der Waals surface area (Å²) in [5, 5.41) is -0.729. The van der Waals surface area contributed by atoms with Gasteiger partial charge in [0.05, 0.1) is 5.38 Å². The van der Waals surface area contributed by atoms with Crippen molar-refractivity contribution in [2.24, 2.45) is 0 Å². The van der Waals surface area contributed by atoms with E-state index in [9.17, 15) is 17.6 Å². The molecule has 5 heteroatoms. The highest BCUT2D eigenvalue weighted by molar-refractivity contribution is 6.20. The van der Waals surface area contributed by atoms with Crippen LogP contribution >= 0.6 is 11.6 Å². The first-order valence-electron chi connectivity index (χ1n) is 4.35. The average Bonchev–Trinajstić information content (AvgIpc) is 2.14. The fourth-order valence-corrected chi connectivity index (χ4v) is 1.38. The molecule has 1 aromatic carbocycles. The molecular formula is C10H9ClF4. The summed E-state index contributed by atoms with van der Waals surface area (Å²) >= 11 is 5.74. The van der Waals surface area contributed by atoms with Crippen molar-refractivity contribution in [2.45, 2.75) is 24.4 Å². The minimum Gasteiger partial charge on any atom is -0.207 e. The lowest BCUT2D eigenvalue weighted by atomic mass is 10.1. The van der Waals surface area contributed by atoms with Crippen molar-refractivity contribution < 1.29 is 17.6 Å². The molecule has 0 nitrogen and oxygen atoms in total. The van der Waals surface area contributed by atoms with Gasteiger partial charge in [-0.1, -0.05) is 12.1 Å². The molecule has 84 valence electrons. The molecule has 1 rings (SSSR count). The Morgan fingerprint density at radius 2 is 1.67 bits per heavy atom. The van der Waals surface area contributed by atoms with Gasteiger partial charge in [-0.15, -0.1) is 11.6 Å². The number of benzene rings is 1. The lowest BCUT2D eigenvalue weighted by molar-refractivity contribution is -0.135. The molecule has 0 radical (unpaired) electrons. The number of hydrogen-bond donors (Lipinski definition) is 0. The van der Waals surface area contributed by atoms with E-state index < -0.39 is 23.8 Å². The van der Waals surface area contributed by atoms with Crippen molar-refractivity contribution in [1.29, 1.82) is 0 Å². The fraction of sp³-hybridized carbons (Fsp3) is 0.400. The highest BCUT2D eigenvalue weighted by Gasteiger charge is 2.28. The summed E-state index contributed by atoms with van der Waals surface area (Å²) in [6.45, 7) is 0. The molecule has 1 atom stereocenters. The van der Waals surface area contributed by atoms with E-state index in [1.807, 2.05) is 0 Å². The van der Waals surface area contributed by atoms with Crippen molar-refractivity contribution in [3.8, 4) is 0 Å². The van der Waals surface area contributed by atoms with Crippen LogP contribution in [0.3, 0.4) is 0 Å². The normalized spacial score (nSPS) is 13.9. The molecule has 0 bridgehead atoms. The van der Waals surface area contributed by atoms with Crippen LogP contribution in [0.4, 0.5) is 17.6 Å². The first kappa shape index (κ1) is 12.3. The van der Waals surface area contributed by atoms with Gasteiger partial charge < -0.3 is 0 Å².